The average Bonchev–Trinajstić information content (AvgIpc) is 3.09. The van der Waals surface area contributed by atoms with Crippen LogP contribution in [0.25, 0.3) is 0 Å². The van der Waals surface area contributed by atoms with Crippen molar-refractivity contribution in [3.05, 3.63) is 0 Å². The molecule has 0 aliphatic heterocycles. The first-order valence-electron chi connectivity index (χ1n) is 7.79. The van der Waals surface area contributed by atoms with Crippen molar-refractivity contribution in [2.24, 2.45) is 17.8 Å². The topological polar surface area (TPSA) is 23.6 Å². The molecule has 1 unspecified atom stereocenters. The zero-order chi connectivity index (χ0) is 14.6. The van der Waals surface area contributed by atoms with Gasteiger partial charge in [-0.3, -0.25) is 9.69 Å². The molecule has 1 aliphatic rings. The van der Waals surface area contributed by atoms with Gasteiger partial charge in [-0.1, -0.05) is 27.7 Å². The monoisotopic (exact) mass is 268 g/mol. The third kappa shape index (κ3) is 5.94. The summed E-state index contributed by atoms with van der Waals surface area (Å²) in [5, 5.41) is 0. The second-order valence-electron chi connectivity index (χ2n) is 7.08. The second-order valence-corrected chi connectivity index (χ2v) is 7.08. The highest BCUT2D eigenvalue weighted by Crippen LogP contribution is 2.34. The second kappa shape index (κ2) is 7.28. The molecule has 0 radical (unpaired) electrons. The summed E-state index contributed by atoms with van der Waals surface area (Å²) in [4.78, 5) is 16.7. The molecule has 19 heavy (non-hydrogen) atoms. The number of likely N-dealkylation sites (N-methyl/N-ethyl adjacent to an activating group) is 1. The van der Waals surface area contributed by atoms with Gasteiger partial charge in [0, 0.05) is 19.1 Å². The molecular formula is C16H32N2O. The van der Waals surface area contributed by atoms with E-state index in [4.69, 9.17) is 0 Å². The summed E-state index contributed by atoms with van der Waals surface area (Å²) < 4.78 is 0. The molecule has 112 valence electrons. The van der Waals surface area contributed by atoms with Gasteiger partial charge in [0.15, 0.2) is 0 Å². The fourth-order valence-electron chi connectivity index (χ4n) is 2.56. The molecule has 0 N–H and O–H groups in total. The largest absolute Gasteiger partial charge is 0.341 e. The Hall–Kier alpha value is -0.570. The normalized spacial score (nSPS) is 17.3. The Labute approximate surface area is 119 Å². The summed E-state index contributed by atoms with van der Waals surface area (Å²) in [7, 11) is 2.09. The van der Waals surface area contributed by atoms with Crippen LogP contribution in [0.1, 0.15) is 47.5 Å². The third-order valence-corrected chi connectivity index (χ3v) is 3.91. The lowest BCUT2D eigenvalue weighted by atomic mass is 10.1. The lowest BCUT2D eigenvalue weighted by molar-refractivity contribution is -0.133. The maximum Gasteiger partial charge on any atom is 0.236 e. The fourth-order valence-corrected chi connectivity index (χ4v) is 2.56. The maximum absolute atomic E-state index is 12.5. The first-order chi connectivity index (χ1) is 8.81. The van der Waals surface area contributed by atoms with Gasteiger partial charge in [-0.25, -0.2) is 0 Å². The van der Waals surface area contributed by atoms with E-state index >= 15 is 0 Å². The van der Waals surface area contributed by atoms with Gasteiger partial charge < -0.3 is 4.90 Å². The summed E-state index contributed by atoms with van der Waals surface area (Å²) in [6.45, 7) is 13.3. The fraction of sp³-hybridized carbons (Fsp3) is 0.938. The van der Waals surface area contributed by atoms with Gasteiger partial charge in [0.25, 0.3) is 0 Å². The van der Waals surface area contributed by atoms with E-state index in [0.717, 1.165) is 19.0 Å². The van der Waals surface area contributed by atoms with Crippen LogP contribution in [0.4, 0.5) is 0 Å². The van der Waals surface area contributed by atoms with Gasteiger partial charge in [0.05, 0.1) is 6.54 Å². The number of hydrogen-bond acceptors (Lipinski definition) is 2. The molecular weight excluding hydrogens is 236 g/mol. The minimum Gasteiger partial charge on any atom is -0.341 e. The highest BCUT2D eigenvalue weighted by Gasteiger charge is 2.31. The number of rotatable bonds is 8. The highest BCUT2D eigenvalue weighted by molar-refractivity contribution is 5.78. The molecule has 1 fully saturated rings. The number of nitrogens with zero attached hydrogens (tertiary/aromatic N) is 2. The predicted octanol–water partition coefficient (Wildman–Crippen LogP) is 2.86. The van der Waals surface area contributed by atoms with Crippen LogP contribution >= 0.6 is 0 Å². The molecule has 0 heterocycles. The summed E-state index contributed by atoms with van der Waals surface area (Å²) in [5.74, 6) is 2.18. The van der Waals surface area contributed by atoms with E-state index in [9.17, 15) is 4.79 Å². The minimum absolute atomic E-state index is 0.289. The zero-order valence-corrected chi connectivity index (χ0v) is 13.6. The Kier molecular flexibility index (Phi) is 6.31. The van der Waals surface area contributed by atoms with Crippen molar-refractivity contribution in [3.8, 4) is 0 Å². The maximum atomic E-state index is 12.5. The summed E-state index contributed by atoms with van der Waals surface area (Å²) >= 11 is 0. The van der Waals surface area contributed by atoms with E-state index in [1.165, 1.54) is 12.8 Å². The first kappa shape index (κ1) is 16.5. The molecule has 1 atom stereocenters. The van der Waals surface area contributed by atoms with E-state index < -0.39 is 0 Å². The molecule has 1 amide bonds. The summed E-state index contributed by atoms with van der Waals surface area (Å²) in [5.41, 5.74) is 0. The van der Waals surface area contributed by atoms with Crippen LogP contribution < -0.4 is 0 Å². The Morgan fingerprint density at radius 2 is 1.53 bits per heavy atom. The van der Waals surface area contributed by atoms with Crippen molar-refractivity contribution >= 4 is 5.91 Å². The van der Waals surface area contributed by atoms with Gasteiger partial charge >= 0.3 is 0 Å². The zero-order valence-electron chi connectivity index (χ0n) is 13.6. The first-order valence-corrected chi connectivity index (χ1v) is 7.79. The molecule has 0 aromatic carbocycles. The van der Waals surface area contributed by atoms with Crippen molar-refractivity contribution in [2.75, 3.05) is 26.7 Å². The van der Waals surface area contributed by atoms with Crippen LogP contribution in [0.3, 0.4) is 0 Å². The van der Waals surface area contributed by atoms with Gasteiger partial charge in [0.1, 0.15) is 0 Å². The summed E-state index contributed by atoms with van der Waals surface area (Å²) in [6, 6.07) is 0.545. The van der Waals surface area contributed by atoms with E-state index in [1.807, 2.05) is 4.90 Å². The van der Waals surface area contributed by atoms with Gasteiger partial charge in [-0.05, 0) is 44.6 Å². The lowest BCUT2D eigenvalue weighted by Gasteiger charge is -2.30. The van der Waals surface area contributed by atoms with Crippen molar-refractivity contribution in [1.82, 2.24) is 9.80 Å². The molecule has 0 saturated heterocycles. The quantitative estimate of drug-likeness (QED) is 0.676. The molecule has 0 spiro atoms. The average molecular weight is 268 g/mol. The Morgan fingerprint density at radius 1 is 1.05 bits per heavy atom. The van der Waals surface area contributed by atoms with Crippen molar-refractivity contribution < 1.29 is 4.79 Å². The molecule has 1 aliphatic carbocycles. The predicted molar refractivity (Wildman–Crippen MR) is 81.1 cm³/mol. The van der Waals surface area contributed by atoms with E-state index in [-0.39, 0.29) is 5.91 Å². The summed E-state index contributed by atoms with van der Waals surface area (Å²) in [6.07, 6.45) is 2.67. The molecule has 0 aromatic rings. The van der Waals surface area contributed by atoms with Crippen LogP contribution in [-0.2, 0) is 4.79 Å². The van der Waals surface area contributed by atoms with Gasteiger partial charge in [-0.15, -0.1) is 0 Å². The molecule has 1 rings (SSSR count). The van der Waals surface area contributed by atoms with E-state index in [0.29, 0.717) is 24.4 Å². The number of hydrogen-bond donors (Lipinski definition) is 0. The molecule has 0 bridgehead atoms. The van der Waals surface area contributed by atoms with Crippen LogP contribution in [0, 0.1) is 17.8 Å². The Balaban J connectivity index is 2.49. The lowest BCUT2D eigenvalue weighted by Crippen LogP contribution is -2.45. The third-order valence-electron chi connectivity index (χ3n) is 3.91. The van der Waals surface area contributed by atoms with E-state index in [1.54, 1.807) is 0 Å². The van der Waals surface area contributed by atoms with Crippen LogP contribution in [0.2, 0.25) is 0 Å². The SMILES string of the molecule is CC(C)CN(CC(C)C)C(=O)CN(C)C(C)C1CC1. The van der Waals surface area contributed by atoms with E-state index in [2.05, 4.69) is 46.6 Å². The van der Waals surface area contributed by atoms with Crippen LogP contribution in [-0.4, -0.2) is 48.4 Å². The van der Waals surface area contributed by atoms with Gasteiger partial charge in [-0.2, -0.15) is 0 Å². The highest BCUT2D eigenvalue weighted by atomic mass is 16.2. The van der Waals surface area contributed by atoms with Crippen molar-refractivity contribution in [1.29, 1.82) is 0 Å². The standard InChI is InChI=1S/C16H32N2O/c1-12(2)9-18(10-13(3)4)16(19)11-17(6)14(5)15-7-8-15/h12-15H,7-11H2,1-6H3. The smallest absolute Gasteiger partial charge is 0.236 e. The molecule has 3 heteroatoms. The number of carbonyl (C=O) groups excluding carboxylic acids is 1. The van der Waals surface area contributed by atoms with Crippen molar-refractivity contribution in [3.63, 3.8) is 0 Å². The molecule has 3 nitrogen and oxygen atoms in total. The van der Waals surface area contributed by atoms with Crippen LogP contribution in [0.15, 0.2) is 0 Å². The Morgan fingerprint density at radius 3 is 1.89 bits per heavy atom. The molecule has 1 saturated carbocycles. The number of amides is 1. The van der Waals surface area contributed by atoms with Crippen molar-refractivity contribution in [2.45, 2.75) is 53.5 Å². The molecule has 0 aromatic heterocycles. The van der Waals surface area contributed by atoms with Gasteiger partial charge in [0.2, 0.25) is 5.91 Å². The number of carbonyl (C=O) groups is 1. The Bertz CT molecular complexity index is 274. The minimum atomic E-state index is 0.289. The van der Waals surface area contributed by atoms with Crippen LogP contribution in [0.5, 0.6) is 0 Å².